The van der Waals surface area contributed by atoms with Crippen LogP contribution in [0.25, 0.3) is 0 Å². The molecular formula is C16H19F3N2O2. The van der Waals surface area contributed by atoms with E-state index in [2.05, 4.69) is 18.8 Å². The first-order valence-corrected chi connectivity index (χ1v) is 7.53. The first kappa shape index (κ1) is 16.2. The zero-order valence-corrected chi connectivity index (χ0v) is 13.0. The number of aliphatic hydroxyl groups is 1. The summed E-state index contributed by atoms with van der Waals surface area (Å²) in [7, 11) is 0. The number of alkyl halides is 3. The number of rotatable bonds is 2. The van der Waals surface area contributed by atoms with Crippen molar-refractivity contribution in [2.45, 2.75) is 26.4 Å². The van der Waals surface area contributed by atoms with Crippen LogP contribution >= 0.6 is 0 Å². The van der Waals surface area contributed by atoms with Crippen molar-refractivity contribution < 1.29 is 23.1 Å². The molecule has 23 heavy (non-hydrogen) atoms. The number of aromatic nitrogens is 1. The van der Waals surface area contributed by atoms with Crippen LogP contribution in [0.2, 0.25) is 0 Å². The molecule has 2 heterocycles. The number of hydrogen-bond donors (Lipinski definition) is 1. The van der Waals surface area contributed by atoms with E-state index in [0.717, 1.165) is 12.5 Å². The maximum atomic E-state index is 12.7. The molecule has 0 unspecified atom stereocenters. The third-order valence-corrected chi connectivity index (χ3v) is 5.26. The van der Waals surface area contributed by atoms with E-state index >= 15 is 0 Å². The van der Waals surface area contributed by atoms with Crippen molar-refractivity contribution in [2.75, 3.05) is 19.7 Å². The third-order valence-electron chi connectivity index (χ3n) is 5.26. The summed E-state index contributed by atoms with van der Waals surface area (Å²) in [6, 6.07) is 3.34. The molecule has 126 valence electrons. The van der Waals surface area contributed by atoms with Gasteiger partial charge >= 0.3 is 6.18 Å². The van der Waals surface area contributed by atoms with Gasteiger partial charge in [-0.15, -0.1) is 0 Å². The van der Waals surface area contributed by atoms with E-state index < -0.39 is 17.8 Å². The lowest BCUT2D eigenvalue weighted by Crippen LogP contribution is -2.54. The van der Waals surface area contributed by atoms with Crippen molar-refractivity contribution in [3.8, 4) is 0 Å². The molecule has 1 N–H and O–H groups in total. The van der Waals surface area contributed by atoms with Crippen LogP contribution in [-0.2, 0) is 6.18 Å². The monoisotopic (exact) mass is 328 g/mol. The molecule has 3 rings (SSSR count). The highest BCUT2D eigenvalue weighted by Gasteiger charge is 2.63. The van der Waals surface area contributed by atoms with E-state index in [9.17, 15) is 23.1 Å². The predicted molar refractivity (Wildman–Crippen MR) is 76.5 cm³/mol. The minimum atomic E-state index is -4.57. The first-order valence-electron chi connectivity index (χ1n) is 7.53. The Bertz CT molecular complexity index is 644. The molecule has 0 bridgehead atoms. The number of amides is 1. The highest BCUT2D eigenvalue weighted by Crippen LogP contribution is 2.62. The van der Waals surface area contributed by atoms with Gasteiger partial charge in [-0.1, -0.05) is 19.9 Å². The summed E-state index contributed by atoms with van der Waals surface area (Å²) in [5.41, 5.74) is -1.56. The summed E-state index contributed by atoms with van der Waals surface area (Å²) in [6.45, 7) is 4.98. The predicted octanol–water partition coefficient (Wildman–Crippen LogP) is 2.58. The molecule has 1 aliphatic heterocycles. The highest BCUT2D eigenvalue weighted by molar-refractivity contribution is 5.92. The summed E-state index contributed by atoms with van der Waals surface area (Å²) in [4.78, 5) is 17.5. The van der Waals surface area contributed by atoms with Crippen molar-refractivity contribution in [3.63, 3.8) is 0 Å². The Hall–Kier alpha value is -1.63. The largest absolute Gasteiger partial charge is 0.433 e. The Morgan fingerprint density at radius 2 is 2.13 bits per heavy atom. The first-order chi connectivity index (χ1) is 10.6. The zero-order chi connectivity index (χ0) is 17.0. The van der Waals surface area contributed by atoms with Crippen LogP contribution in [0.1, 0.15) is 36.5 Å². The summed E-state index contributed by atoms with van der Waals surface area (Å²) in [6.07, 6.45) is -3.77. The molecule has 2 aliphatic rings. The number of halogens is 3. The molecule has 1 aliphatic carbocycles. The van der Waals surface area contributed by atoms with Gasteiger partial charge in [0.05, 0.1) is 6.61 Å². The molecule has 0 aromatic carbocycles. The van der Waals surface area contributed by atoms with Crippen molar-refractivity contribution >= 4 is 5.91 Å². The van der Waals surface area contributed by atoms with E-state index in [1.165, 1.54) is 17.0 Å². The van der Waals surface area contributed by atoms with Crippen molar-refractivity contribution in [1.82, 2.24) is 9.88 Å². The summed E-state index contributed by atoms with van der Waals surface area (Å²) >= 11 is 0. The van der Waals surface area contributed by atoms with Crippen molar-refractivity contribution in [1.29, 1.82) is 0 Å². The van der Waals surface area contributed by atoms with Gasteiger partial charge in [0.25, 0.3) is 5.91 Å². The maximum absolute atomic E-state index is 12.7. The number of aliphatic hydroxyl groups excluding tert-OH is 1. The van der Waals surface area contributed by atoms with Gasteiger partial charge in [-0.2, -0.15) is 13.2 Å². The Morgan fingerprint density at radius 3 is 2.65 bits per heavy atom. The van der Waals surface area contributed by atoms with Crippen LogP contribution in [0.3, 0.4) is 0 Å². The van der Waals surface area contributed by atoms with E-state index in [-0.39, 0.29) is 29.0 Å². The molecule has 4 nitrogen and oxygen atoms in total. The van der Waals surface area contributed by atoms with Crippen molar-refractivity contribution in [2.24, 2.45) is 16.7 Å². The SMILES string of the molecule is CC1(C)C[C@]2(CO)CN(C(=O)c3cccc(C(F)(F)F)n3)C[C@H]12. The fraction of sp³-hybridized carbons (Fsp3) is 0.625. The minimum Gasteiger partial charge on any atom is -0.396 e. The number of carbonyl (C=O) groups excluding carboxylic acids is 1. The zero-order valence-electron chi connectivity index (χ0n) is 13.0. The topological polar surface area (TPSA) is 53.4 Å². The molecule has 0 spiro atoms. The Kier molecular flexibility index (Phi) is 3.48. The van der Waals surface area contributed by atoms with Crippen molar-refractivity contribution in [3.05, 3.63) is 29.6 Å². The van der Waals surface area contributed by atoms with Gasteiger partial charge in [0.15, 0.2) is 0 Å². The van der Waals surface area contributed by atoms with Gasteiger partial charge in [-0.25, -0.2) is 4.98 Å². The summed E-state index contributed by atoms with van der Waals surface area (Å²) < 4.78 is 38.2. The number of pyridine rings is 1. The second kappa shape index (κ2) is 4.93. The van der Waals surface area contributed by atoms with E-state index in [1.807, 2.05) is 0 Å². The van der Waals surface area contributed by atoms with E-state index in [4.69, 9.17) is 0 Å². The van der Waals surface area contributed by atoms with Crippen LogP contribution in [0.5, 0.6) is 0 Å². The fourth-order valence-electron chi connectivity index (χ4n) is 4.37. The number of hydrogen-bond acceptors (Lipinski definition) is 3. The molecule has 1 saturated heterocycles. The lowest BCUT2D eigenvalue weighted by molar-refractivity contribution is -0.141. The normalized spacial score (nSPS) is 29.1. The number of carbonyl (C=O) groups is 1. The Balaban J connectivity index is 1.83. The lowest BCUT2D eigenvalue weighted by Gasteiger charge is -2.55. The lowest BCUT2D eigenvalue weighted by atomic mass is 9.48. The van der Waals surface area contributed by atoms with Crippen LogP contribution < -0.4 is 0 Å². The molecule has 1 aromatic rings. The Morgan fingerprint density at radius 1 is 1.43 bits per heavy atom. The van der Waals surface area contributed by atoms with Gasteiger partial charge in [0, 0.05) is 18.5 Å². The van der Waals surface area contributed by atoms with E-state index in [0.29, 0.717) is 13.1 Å². The molecule has 2 fully saturated rings. The molecule has 1 amide bonds. The Labute approximate surface area is 132 Å². The molecular weight excluding hydrogens is 309 g/mol. The smallest absolute Gasteiger partial charge is 0.396 e. The maximum Gasteiger partial charge on any atom is 0.433 e. The number of nitrogens with zero attached hydrogens (tertiary/aromatic N) is 2. The highest BCUT2D eigenvalue weighted by atomic mass is 19.4. The number of fused-ring (bicyclic) bond motifs is 1. The molecule has 1 saturated carbocycles. The number of likely N-dealkylation sites (tertiary alicyclic amines) is 1. The second-order valence-corrected chi connectivity index (χ2v) is 7.33. The van der Waals surface area contributed by atoms with Gasteiger partial charge in [0.2, 0.25) is 0 Å². The average Bonchev–Trinajstić information content (AvgIpc) is 2.81. The van der Waals surface area contributed by atoms with Crippen LogP contribution in [0.15, 0.2) is 18.2 Å². The summed E-state index contributed by atoms with van der Waals surface area (Å²) in [5, 5.41) is 9.70. The van der Waals surface area contributed by atoms with Gasteiger partial charge in [0.1, 0.15) is 11.4 Å². The van der Waals surface area contributed by atoms with Crippen LogP contribution in [0.4, 0.5) is 13.2 Å². The fourth-order valence-corrected chi connectivity index (χ4v) is 4.37. The standard InChI is InChI=1S/C16H19F3N2O2/c1-14(2)7-15(9-22)8-21(6-11(14)15)13(23)10-4-3-5-12(20-10)16(17,18)19/h3-5,11,22H,6-9H2,1-2H3/t11-,15-/m1/s1. The molecule has 0 radical (unpaired) electrons. The molecule has 2 atom stereocenters. The third kappa shape index (κ3) is 2.51. The molecule has 7 heteroatoms. The average molecular weight is 328 g/mol. The van der Waals surface area contributed by atoms with Gasteiger partial charge < -0.3 is 10.0 Å². The second-order valence-electron chi connectivity index (χ2n) is 7.33. The van der Waals surface area contributed by atoms with Gasteiger partial charge in [-0.05, 0) is 29.9 Å². The minimum absolute atomic E-state index is 0.0130. The van der Waals surface area contributed by atoms with Gasteiger partial charge in [-0.3, -0.25) is 4.79 Å². The summed E-state index contributed by atoms with van der Waals surface area (Å²) in [5.74, 6) is -0.344. The quantitative estimate of drug-likeness (QED) is 0.908. The molecule has 1 aromatic heterocycles. The van der Waals surface area contributed by atoms with Crippen LogP contribution in [0, 0.1) is 16.7 Å². The van der Waals surface area contributed by atoms with E-state index in [1.54, 1.807) is 0 Å². The van der Waals surface area contributed by atoms with Crippen LogP contribution in [-0.4, -0.2) is 40.6 Å².